The van der Waals surface area contributed by atoms with Gasteiger partial charge in [-0.25, -0.2) is 9.78 Å². The lowest BCUT2D eigenvalue weighted by molar-refractivity contribution is -0.163. The standard InChI is InChI=1S/C26H28BrF6N3O2/c1-3-35(18-8-5-4-6-9-18)23-16(12-17(27)13-34-23)14-36-15(2)22(38-24(36)37)19-10-7-11-20(25(28,29)30)21(19)26(31,32)33/h7,10-13,15,18,22H,3-6,8-9,14H2,1-2H3/t15-,22-/m0/s1. The van der Waals surface area contributed by atoms with Crippen molar-refractivity contribution in [2.75, 3.05) is 11.4 Å². The number of cyclic esters (lactones) is 1. The highest BCUT2D eigenvalue weighted by Gasteiger charge is 2.49. The Morgan fingerprint density at radius 3 is 2.39 bits per heavy atom. The van der Waals surface area contributed by atoms with Crippen molar-refractivity contribution in [1.82, 2.24) is 9.88 Å². The Labute approximate surface area is 225 Å². The summed E-state index contributed by atoms with van der Waals surface area (Å²) in [5, 5.41) is 0. The van der Waals surface area contributed by atoms with Gasteiger partial charge in [-0.05, 0) is 54.8 Å². The Kier molecular flexibility index (Phi) is 8.20. The van der Waals surface area contributed by atoms with E-state index in [2.05, 4.69) is 25.8 Å². The van der Waals surface area contributed by atoms with Crippen molar-refractivity contribution in [2.24, 2.45) is 0 Å². The van der Waals surface area contributed by atoms with E-state index in [9.17, 15) is 31.1 Å². The molecule has 208 valence electrons. The van der Waals surface area contributed by atoms with Crippen molar-refractivity contribution in [3.05, 3.63) is 57.2 Å². The lowest BCUT2D eigenvalue weighted by atomic mass is 9.93. The first kappa shape index (κ1) is 28.5. The number of anilines is 1. The van der Waals surface area contributed by atoms with Crippen molar-refractivity contribution >= 4 is 27.8 Å². The van der Waals surface area contributed by atoms with Gasteiger partial charge in [0.2, 0.25) is 0 Å². The Morgan fingerprint density at radius 1 is 1.11 bits per heavy atom. The van der Waals surface area contributed by atoms with Gasteiger partial charge in [0.05, 0.1) is 23.7 Å². The molecule has 1 saturated heterocycles. The predicted molar refractivity (Wildman–Crippen MR) is 133 cm³/mol. The van der Waals surface area contributed by atoms with Crippen molar-refractivity contribution in [3.63, 3.8) is 0 Å². The molecule has 1 amide bonds. The maximum absolute atomic E-state index is 13.9. The zero-order chi connectivity index (χ0) is 27.8. The summed E-state index contributed by atoms with van der Waals surface area (Å²) < 4.78 is 88.1. The number of rotatable bonds is 6. The summed E-state index contributed by atoms with van der Waals surface area (Å²) in [6, 6.07) is 3.32. The number of halogens is 7. The summed E-state index contributed by atoms with van der Waals surface area (Å²) in [5.74, 6) is 0.668. The van der Waals surface area contributed by atoms with Gasteiger partial charge in [0.25, 0.3) is 0 Å². The quantitative estimate of drug-likeness (QED) is 0.311. The van der Waals surface area contributed by atoms with Crippen LogP contribution in [0.2, 0.25) is 0 Å². The largest absolute Gasteiger partial charge is 0.439 e. The molecule has 38 heavy (non-hydrogen) atoms. The Hall–Kier alpha value is -2.50. The highest BCUT2D eigenvalue weighted by atomic mass is 79.9. The van der Waals surface area contributed by atoms with Crippen LogP contribution in [0, 0.1) is 0 Å². The molecule has 2 aromatic rings. The average molecular weight is 608 g/mol. The van der Waals surface area contributed by atoms with Crippen LogP contribution in [0.25, 0.3) is 0 Å². The molecule has 1 saturated carbocycles. The number of nitrogens with zero attached hydrogens (tertiary/aromatic N) is 3. The minimum absolute atomic E-state index is 0.0260. The summed E-state index contributed by atoms with van der Waals surface area (Å²) in [7, 11) is 0. The predicted octanol–water partition coefficient (Wildman–Crippen LogP) is 8.12. The monoisotopic (exact) mass is 607 g/mol. The molecule has 1 aliphatic carbocycles. The van der Waals surface area contributed by atoms with Gasteiger partial charge in [-0.1, -0.05) is 31.4 Å². The van der Waals surface area contributed by atoms with E-state index in [1.54, 1.807) is 12.3 Å². The number of aromatic nitrogens is 1. The fourth-order valence-corrected chi connectivity index (χ4v) is 5.88. The van der Waals surface area contributed by atoms with Crippen LogP contribution in [-0.4, -0.2) is 34.6 Å². The van der Waals surface area contributed by atoms with Gasteiger partial charge in [-0.2, -0.15) is 26.3 Å². The number of carbonyl (C=O) groups is 1. The second kappa shape index (κ2) is 10.9. The van der Waals surface area contributed by atoms with Crippen LogP contribution in [0.15, 0.2) is 34.9 Å². The molecule has 2 fully saturated rings. The Bertz CT molecular complexity index is 1170. The van der Waals surface area contributed by atoms with Crippen molar-refractivity contribution in [3.8, 4) is 0 Å². The molecule has 1 aliphatic heterocycles. The number of hydrogen-bond donors (Lipinski definition) is 0. The van der Waals surface area contributed by atoms with Crippen molar-refractivity contribution in [1.29, 1.82) is 0 Å². The summed E-state index contributed by atoms with van der Waals surface area (Å²) in [6.45, 7) is 4.13. The average Bonchev–Trinajstić information content (AvgIpc) is 3.13. The topological polar surface area (TPSA) is 45.7 Å². The second-order valence-electron chi connectivity index (χ2n) is 9.65. The van der Waals surface area contributed by atoms with E-state index >= 15 is 0 Å². The highest BCUT2D eigenvalue weighted by molar-refractivity contribution is 9.10. The van der Waals surface area contributed by atoms with Crippen LogP contribution >= 0.6 is 15.9 Å². The van der Waals surface area contributed by atoms with Crippen molar-refractivity contribution < 1.29 is 35.9 Å². The van der Waals surface area contributed by atoms with Crippen LogP contribution in [0.5, 0.6) is 0 Å². The summed E-state index contributed by atoms with van der Waals surface area (Å²) in [5.41, 5.74) is -3.70. The maximum Gasteiger partial charge on any atom is 0.417 e. The first-order valence-electron chi connectivity index (χ1n) is 12.5. The first-order chi connectivity index (χ1) is 17.8. The zero-order valence-corrected chi connectivity index (χ0v) is 22.5. The normalized spacial score (nSPS) is 21.1. The molecule has 0 spiro atoms. The van der Waals surface area contributed by atoms with Gasteiger partial charge in [0.1, 0.15) is 11.9 Å². The van der Waals surface area contributed by atoms with Gasteiger partial charge in [0, 0.05) is 34.4 Å². The maximum atomic E-state index is 13.9. The summed E-state index contributed by atoms with van der Waals surface area (Å²) >= 11 is 3.40. The molecule has 0 N–H and O–H groups in total. The molecule has 0 bridgehead atoms. The number of benzene rings is 1. The lowest BCUT2D eigenvalue weighted by Gasteiger charge is -2.36. The Balaban J connectivity index is 1.68. The molecule has 5 nitrogen and oxygen atoms in total. The van der Waals surface area contributed by atoms with Crippen LogP contribution in [-0.2, 0) is 23.6 Å². The molecular weight excluding hydrogens is 580 g/mol. The third kappa shape index (κ3) is 5.74. The highest BCUT2D eigenvalue weighted by Crippen LogP contribution is 2.46. The fraction of sp³-hybridized carbons (Fsp3) is 0.538. The summed E-state index contributed by atoms with van der Waals surface area (Å²) in [6.07, 6.45) is -5.94. The van der Waals surface area contributed by atoms with Gasteiger partial charge >= 0.3 is 18.4 Å². The molecule has 0 unspecified atom stereocenters. The van der Waals surface area contributed by atoms with E-state index in [-0.39, 0.29) is 12.6 Å². The molecular formula is C26H28BrF6N3O2. The van der Waals surface area contributed by atoms with Gasteiger partial charge in [0.15, 0.2) is 0 Å². The third-order valence-corrected chi connectivity index (χ3v) is 7.70. The number of carbonyl (C=O) groups excluding carboxylic acids is 1. The van der Waals surface area contributed by atoms with Gasteiger partial charge < -0.3 is 9.64 Å². The minimum Gasteiger partial charge on any atom is -0.439 e. The van der Waals surface area contributed by atoms with E-state index in [0.717, 1.165) is 37.8 Å². The SMILES string of the molecule is CCN(c1ncc(Br)cc1CN1C(=O)O[C@H](c2cccc(C(F)(F)F)c2C(F)(F)F)[C@@H]1C)C1CCCCC1. The third-order valence-electron chi connectivity index (χ3n) is 7.26. The molecule has 0 radical (unpaired) electrons. The van der Waals surface area contributed by atoms with E-state index in [4.69, 9.17) is 4.74 Å². The van der Waals surface area contributed by atoms with Crippen LogP contribution in [0.3, 0.4) is 0 Å². The molecule has 2 heterocycles. The minimum atomic E-state index is -5.30. The van der Waals surface area contributed by atoms with Crippen LogP contribution in [0.4, 0.5) is 37.0 Å². The second-order valence-corrected chi connectivity index (χ2v) is 10.6. The van der Waals surface area contributed by atoms with Gasteiger partial charge in [-0.3, -0.25) is 4.90 Å². The molecule has 4 rings (SSSR count). The van der Waals surface area contributed by atoms with Crippen LogP contribution in [0.1, 0.15) is 74.3 Å². The number of ether oxygens (including phenoxy) is 1. The lowest BCUT2D eigenvalue weighted by Crippen LogP contribution is -2.39. The summed E-state index contributed by atoms with van der Waals surface area (Å²) in [4.78, 5) is 20.9. The Morgan fingerprint density at radius 2 is 1.79 bits per heavy atom. The smallest absolute Gasteiger partial charge is 0.417 e. The molecule has 1 aromatic heterocycles. The van der Waals surface area contributed by atoms with E-state index in [1.165, 1.54) is 18.2 Å². The number of pyridine rings is 1. The van der Waals surface area contributed by atoms with Crippen molar-refractivity contribution in [2.45, 2.75) is 83.0 Å². The molecule has 12 heteroatoms. The number of hydrogen-bond acceptors (Lipinski definition) is 4. The molecule has 2 atom stereocenters. The van der Waals surface area contributed by atoms with E-state index in [0.29, 0.717) is 28.5 Å². The molecule has 1 aromatic carbocycles. The zero-order valence-electron chi connectivity index (χ0n) is 20.9. The van der Waals surface area contributed by atoms with E-state index in [1.807, 2.05) is 6.92 Å². The van der Waals surface area contributed by atoms with Crippen LogP contribution < -0.4 is 4.90 Å². The number of amides is 1. The van der Waals surface area contributed by atoms with Gasteiger partial charge in [-0.15, -0.1) is 0 Å². The fourth-order valence-electron chi connectivity index (χ4n) is 5.50. The molecule has 2 aliphatic rings. The first-order valence-corrected chi connectivity index (χ1v) is 13.3. The number of alkyl halides is 6. The van der Waals surface area contributed by atoms with E-state index < -0.39 is 47.3 Å².